The molecule has 0 spiro atoms. The van der Waals surface area contributed by atoms with Gasteiger partial charge in [0.25, 0.3) is 5.91 Å². The highest BCUT2D eigenvalue weighted by atomic mass is 16.5. The predicted molar refractivity (Wildman–Crippen MR) is 139 cm³/mol. The van der Waals surface area contributed by atoms with Gasteiger partial charge in [-0.15, -0.1) is 0 Å². The largest absolute Gasteiger partial charge is 0.484 e. The van der Waals surface area contributed by atoms with Crippen LogP contribution >= 0.6 is 0 Å². The van der Waals surface area contributed by atoms with E-state index in [-0.39, 0.29) is 30.0 Å². The lowest BCUT2D eigenvalue weighted by atomic mass is 9.71. The van der Waals surface area contributed by atoms with Crippen LogP contribution in [0, 0.1) is 6.92 Å². The molecule has 0 radical (unpaired) electrons. The number of nitrogens with one attached hydrogen (secondary N) is 1. The molecule has 0 saturated carbocycles. The first-order valence-corrected chi connectivity index (χ1v) is 12.9. The summed E-state index contributed by atoms with van der Waals surface area (Å²) >= 11 is 0. The molecular formula is C30H32N2O4. The fourth-order valence-corrected chi connectivity index (χ4v) is 5.70. The van der Waals surface area contributed by atoms with Crippen LogP contribution in [0.1, 0.15) is 62.5 Å². The van der Waals surface area contributed by atoms with E-state index in [0.29, 0.717) is 18.6 Å². The Morgan fingerprint density at radius 1 is 0.944 bits per heavy atom. The van der Waals surface area contributed by atoms with Gasteiger partial charge in [0.2, 0.25) is 0 Å². The van der Waals surface area contributed by atoms with Crippen molar-refractivity contribution in [1.82, 2.24) is 4.90 Å². The highest BCUT2D eigenvalue weighted by molar-refractivity contribution is 6.06. The summed E-state index contributed by atoms with van der Waals surface area (Å²) in [6.45, 7) is 4.70. The fraction of sp³-hybridized carbons (Fsp3) is 0.367. The first-order valence-electron chi connectivity index (χ1n) is 12.9. The van der Waals surface area contributed by atoms with Crippen LogP contribution in [0.5, 0.6) is 5.75 Å². The van der Waals surface area contributed by atoms with Crippen LogP contribution in [-0.2, 0) is 14.4 Å². The van der Waals surface area contributed by atoms with Crippen LogP contribution in [0.3, 0.4) is 0 Å². The van der Waals surface area contributed by atoms with E-state index < -0.39 is 0 Å². The molecule has 1 amide bonds. The SMILES string of the molecule is CCN1C2=C(C(=O)CCC2)C(c2cccc(OCC(=O)Nc3ccc(C)cc3)c2)C2=C1CCCC2=O. The van der Waals surface area contributed by atoms with Gasteiger partial charge in [0, 0.05) is 53.5 Å². The minimum Gasteiger partial charge on any atom is -0.484 e. The lowest BCUT2D eigenvalue weighted by Gasteiger charge is -2.43. The van der Waals surface area contributed by atoms with Crippen LogP contribution in [-0.4, -0.2) is 35.5 Å². The van der Waals surface area contributed by atoms with Crippen molar-refractivity contribution in [3.63, 3.8) is 0 Å². The molecule has 1 N–H and O–H groups in total. The van der Waals surface area contributed by atoms with E-state index in [1.54, 1.807) is 6.07 Å². The van der Waals surface area contributed by atoms with E-state index in [0.717, 1.165) is 71.6 Å². The van der Waals surface area contributed by atoms with Crippen LogP contribution in [0.4, 0.5) is 5.69 Å². The average molecular weight is 485 g/mol. The smallest absolute Gasteiger partial charge is 0.262 e. The number of nitrogens with zero attached hydrogens (tertiary/aromatic N) is 1. The summed E-state index contributed by atoms with van der Waals surface area (Å²) < 4.78 is 5.84. The number of benzene rings is 2. The lowest BCUT2D eigenvalue weighted by Crippen LogP contribution is -2.39. The average Bonchev–Trinajstić information content (AvgIpc) is 2.88. The van der Waals surface area contributed by atoms with Crippen molar-refractivity contribution in [3.8, 4) is 5.75 Å². The molecule has 0 fully saturated rings. The molecule has 0 atom stereocenters. The highest BCUT2D eigenvalue weighted by Crippen LogP contribution is 2.49. The number of Topliss-reactive ketones (excluding diaryl/α,β-unsaturated/α-hetero) is 2. The van der Waals surface area contributed by atoms with Gasteiger partial charge in [-0.1, -0.05) is 29.8 Å². The lowest BCUT2D eigenvalue weighted by molar-refractivity contribution is -0.118. The number of hydrogen-bond donors (Lipinski definition) is 1. The van der Waals surface area contributed by atoms with Crippen LogP contribution in [0.25, 0.3) is 0 Å². The molecule has 2 aromatic rings. The third-order valence-corrected chi connectivity index (χ3v) is 7.30. The normalized spacial score (nSPS) is 18.2. The summed E-state index contributed by atoms with van der Waals surface area (Å²) in [4.78, 5) is 41.2. The summed E-state index contributed by atoms with van der Waals surface area (Å²) in [5, 5.41) is 2.84. The second-order valence-corrected chi connectivity index (χ2v) is 9.73. The third kappa shape index (κ3) is 4.60. The summed E-state index contributed by atoms with van der Waals surface area (Å²) in [5.74, 6) is 0.186. The molecule has 6 heteroatoms. The standard InChI is InChI=1S/C30H32N2O4/c1-3-32-23-9-5-11-25(33)29(23)28(30-24(32)10-6-12-26(30)34)20-7-4-8-22(17-20)36-18-27(35)31-21-15-13-19(2)14-16-21/h4,7-8,13-17,28H,3,5-6,9-12,18H2,1-2H3,(H,31,35). The van der Waals surface area contributed by atoms with Crippen molar-refractivity contribution in [2.75, 3.05) is 18.5 Å². The molecule has 3 aliphatic rings. The predicted octanol–water partition coefficient (Wildman–Crippen LogP) is 5.45. The molecule has 1 heterocycles. The second-order valence-electron chi connectivity index (χ2n) is 9.73. The maximum absolute atomic E-state index is 13.2. The summed E-state index contributed by atoms with van der Waals surface area (Å²) in [7, 11) is 0. The van der Waals surface area contributed by atoms with Crippen molar-refractivity contribution >= 4 is 23.2 Å². The number of carbonyl (C=O) groups is 3. The topological polar surface area (TPSA) is 75.7 Å². The van der Waals surface area contributed by atoms with Gasteiger partial charge in [-0.2, -0.15) is 0 Å². The minimum atomic E-state index is -0.372. The monoisotopic (exact) mass is 484 g/mol. The first-order chi connectivity index (χ1) is 17.5. The molecule has 5 rings (SSSR count). The van der Waals surface area contributed by atoms with Crippen LogP contribution in [0.15, 0.2) is 71.1 Å². The Balaban J connectivity index is 1.43. The zero-order valence-electron chi connectivity index (χ0n) is 20.9. The molecular weight excluding hydrogens is 452 g/mol. The van der Waals surface area contributed by atoms with Gasteiger partial charge >= 0.3 is 0 Å². The Bertz CT molecular complexity index is 1230. The Hall–Kier alpha value is -3.67. The number of ether oxygens (including phenoxy) is 1. The van der Waals surface area contributed by atoms with Crippen molar-refractivity contribution in [3.05, 3.63) is 82.2 Å². The third-order valence-electron chi connectivity index (χ3n) is 7.30. The molecule has 0 bridgehead atoms. The fourth-order valence-electron chi connectivity index (χ4n) is 5.70. The maximum Gasteiger partial charge on any atom is 0.262 e. The van der Waals surface area contributed by atoms with Crippen molar-refractivity contribution < 1.29 is 19.1 Å². The molecule has 36 heavy (non-hydrogen) atoms. The number of allylic oxidation sites excluding steroid dienone is 4. The van der Waals surface area contributed by atoms with Crippen molar-refractivity contribution in [2.45, 2.75) is 58.3 Å². The van der Waals surface area contributed by atoms with E-state index >= 15 is 0 Å². The Kier molecular flexibility index (Phi) is 6.77. The molecule has 0 aromatic heterocycles. The number of rotatable bonds is 6. The van der Waals surface area contributed by atoms with Gasteiger partial charge in [-0.25, -0.2) is 0 Å². The number of anilines is 1. The molecule has 1 aliphatic heterocycles. The summed E-state index contributed by atoms with van der Waals surface area (Å²) in [6.07, 6.45) is 4.42. The van der Waals surface area contributed by atoms with Gasteiger partial charge in [0.15, 0.2) is 18.2 Å². The molecule has 186 valence electrons. The number of ketones is 2. The first kappa shape index (κ1) is 24.0. The van der Waals surface area contributed by atoms with Crippen LogP contribution < -0.4 is 10.1 Å². The minimum absolute atomic E-state index is 0.133. The number of aryl methyl sites for hydroxylation is 1. The Morgan fingerprint density at radius 2 is 1.58 bits per heavy atom. The Morgan fingerprint density at radius 3 is 2.19 bits per heavy atom. The maximum atomic E-state index is 13.2. The summed E-state index contributed by atoms with van der Waals surface area (Å²) in [6, 6.07) is 15.1. The van der Waals surface area contributed by atoms with E-state index in [9.17, 15) is 14.4 Å². The van der Waals surface area contributed by atoms with E-state index in [4.69, 9.17) is 4.74 Å². The molecule has 0 unspecified atom stereocenters. The molecule has 0 saturated heterocycles. The van der Waals surface area contributed by atoms with Gasteiger partial charge < -0.3 is 15.0 Å². The van der Waals surface area contributed by atoms with E-state index in [1.165, 1.54) is 0 Å². The van der Waals surface area contributed by atoms with E-state index in [2.05, 4.69) is 17.1 Å². The van der Waals surface area contributed by atoms with Gasteiger partial charge in [0.05, 0.1) is 0 Å². The van der Waals surface area contributed by atoms with Gasteiger partial charge in [-0.3, -0.25) is 14.4 Å². The Labute approximate surface area is 212 Å². The second kappa shape index (κ2) is 10.1. The van der Waals surface area contributed by atoms with Crippen LogP contribution in [0.2, 0.25) is 0 Å². The number of amides is 1. The zero-order chi connectivity index (χ0) is 25.2. The van der Waals surface area contributed by atoms with Crippen molar-refractivity contribution in [1.29, 1.82) is 0 Å². The molecule has 2 aliphatic carbocycles. The van der Waals surface area contributed by atoms with Gasteiger partial charge in [0.1, 0.15) is 5.75 Å². The van der Waals surface area contributed by atoms with Crippen molar-refractivity contribution in [2.24, 2.45) is 0 Å². The number of hydrogen-bond acceptors (Lipinski definition) is 5. The highest BCUT2D eigenvalue weighted by Gasteiger charge is 2.42. The molecule has 2 aromatic carbocycles. The molecule has 6 nitrogen and oxygen atoms in total. The summed E-state index contributed by atoms with van der Waals surface area (Å²) in [5.41, 5.74) is 6.41. The quantitative estimate of drug-likeness (QED) is 0.590. The van der Waals surface area contributed by atoms with Gasteiger partial charge in [-0.05, 0) is 69.4 Å². The number of carbonyl (C=O) groups excluding carboxylic acids is 3. The zero-order valence-corrected chi connectivity index (χ0v) is 20.9. The van der Waals surface area contributed by atoms with E-state index in [1.807, 2.05) is 49.4 Å².